The molecular formula is C16H24F6N4O5. The molecule has 15 heteroatoms. The number of Topliss-reactive ketones (excluding diaryl/α,β-unsaturated/α-hetero) is 2. The first kappa shape index (κ1) is 28.9. The van der Waals surface area contributed by atoms with E-state index in [1.807, 2.05) is 0 Å². The predicted molar refractivity (Wildman–Crippen MR) is 92.8 cm³/mol. The number of ketones is 2. The molecule has 0 saturated heterocycles. The molecule has 0 bridgehead atoms. The first-order chi connectivity index (χ1) is 14.0. The van der Waals surface area contributed by atoms with Crippen molar-refractivity contribution < 1.29 is 50.3 Å². The molecule has 0 spiro atoms. The highest BCUT2D eigenvalue weighted by molar-refractivity contribution is 5.91. The maximum Gasteiger partial charge on any atom is 0.451 e. The summed E-state index contributed by atoms with van der Waals surface area (Å²) in [5, 5.41) is 0. The normalized spacial score (nSPS) is 16.2. The fourth-order valence-corrected chi connectivity index (χ4v) is 2.28. The zero-order valence-corrected chi connectivity index (χ0v) is 16.2. The lowest BCUT2D eigenvalue weighted by Gasteiger charge is -2.16. The van der Waals surface area contributed by atoms with Crippen molar-refractivity contribution in [1.29, 1.82) is 0 Å². The van der Waals surface area contributed by atoms with Crippen molar-refractivity contribution in [3.05, 3.63) is 0 Å². The fraction of sp³-hybridized carbons (Fsp3) is 0.750. The van der Waals surface area contributed by atoms with Gasteiger partial charge in [-0.05, 0) is 38.5 Å². The molecule has 0 aromatic heterocycles. The summed E-state index contributed by atoms with van der Waals surface area (Å²) < 4.78 is 77.6. The van der Waals surface area contributed by atoms with Crippen LogP contribution in [0.5, 0.6) is 0 Å². The summed E-state index contributed by atoms with van der Waals surface area (Å²) in [6.45, 7) is 0. The summed E-state index contributed by atoms with van der Waals surface area (Å²) in [6, 6.07) is -6.48. The maximum atomic E-state index is 12.2. The molecule has 31 heavy (non-hydrogen) atoms. The van der Waals surface area contributed by atoms with Crippen molar-refractivity contribution >= 4 is 23.5 Å². The van der Waals surface area contributed by atoms with Crippen molar-refractivity contribution in [2.75, 3.05) is 0 Å². The average molecular weight is 466 g/mol. The third-order valence-electron chi connectivity index (χ3n) is 4.10. The summed E-state index contributed by atoms with van der Waals surface area (Å²) in [5.41, 5.74) is 21.1. The Morgan fingerprint density at radius 3 is 1.10 bits per heavy atom. The SMILES string of the molecule is NC(CCCC(N)C(=O)C(F)(F)F)C(=O)OC(=O)C(N)CCCC(N)C(=O)C(F)(F)F. The summed E-state index contributed by atoms with van der Waals surface area (Å²) in [7, 11) is 0. The van der Waals surface area contributed by atoms with Gasteiger partial charge in [0.05, 0.1) is 12.1 Å². The molecule has 0 heterocycles. The van der Waals surface area contributed by atoms with Gasteiger partial charge in [-0.25, -0.2) is 9.59 Å². The average Bonchev–Trinajstić information content (AvgIpc) is 2.64. The van der Waals surface area contributed by atoms with Crippen molar-refractivity contribution in [1.82, 2.24) is 0 Å². The summed E-state index contributed by atoms with van der Waals surface area (Å²) >= 11 is 0. The number of carbonyl (C=O) groups is 4. The van der Waals surface area contributed by atoms with Gasteiger partial charge in [-0.15, -0.1) is 0 Å². The monoisotopic (exact) mass is 466 g/mol. The van der Waals surface area contributed by atoms with Gasteiger partial charge in [0.2, 0.25) is 0 Å². The topological polar surface area (TPSA) is 182 Å². The molecule has 0 aliphatic rings. The fourth-order valence-electron chi connectivity index (χ4n) is 2.28. The van der Waals surface area contributed by atoms with Crippen LogP contribution < -0.4 is 22.9 Å². The molecule has 0 fully saturated rings. The first-order valence-electron chi connectivity index (χ1n) is 8.98. The quantitative estimate of drug-likeness (QED) is 0.174. The number of halogens is 6. The lowest BCUT2D eigenvalue weighted by molar-refractivity contribution is -0.172. The lowest BCUT2D eigenvalue weighted by atomic mass is 10.0. The highest BCUT2D eigenvalue weighted by atomic mass is 19.4. The van der Waals surface area contributed by atoms with Gasteiger partial charge in [0.25, 0.3) is 11.6 Å². The zero-order chi connectivity index (χ0) is 24.6. The minimum Gasteiger partial charge on any atom is -0.391 e. The number of esters is 2. The number of rotatable bonds is 12. The Balaban J connectivity index is 4.32. The van der Waals surface area contributed by atoms with E-state index >= 15 is 0 Å². The highest BCUT2D eigenvalue weighted by Gasteiger charge is 2.42. The minimum atomic E-state index is -5.09. The molecule has 4 unspecified atom stereocenters. The van der Waals surface area contributed by atoms with Crippen molar-refractivity contribution in [2.45, 2.75) is 75.0 Å². The summed E-state index contributed by atoms with van der Waals surface area (Å²) in [4.78, 5) is 45.2. The van der Waals surface area contributed by atoms with E-state index in [9.17, 15) is 45.5 Å². The molecule has 0 amide bonds. The highest BCUT2D eigenvalue weighted by Crippen LogP contribution is 2.20. The van der Waals surface area contributed by atoms with E-state index in [4.69, 9.17) is 22.9 Å². The van der Waals surface area contributed by atoms with Crippen LogP contribution in [0.1, 0.15) is 38.5 Å². The van der Waals surface area contributed by atoms with Crippen LogP contribution in [-0.4, -0.2) is 60.0 Å². The Morgan fingerprint density at radius 1 is 0.581 bits per heavy atom. The van der Waals surface area contributed by atoms with Gasteiger partial charge < -0.3 is 27.7 Å². The zero-order valence-electron chi connectivity index (χ0n) is 16.2. The van der Waals surface area contributed by atoms with Crippen LogP contribution in [0.3, 0.4) is 0 Å². The molecule has 180 valence electrons. The van der Waals surface area contributed by atoms with Gasteiger partial charge in [0.15, 0.2) is 0 Å². The second-order valence-electron chi connectivity index (χ2n) is 6.75. The molecule has 8 N–H and O–H groups in total. The largest absolute Gasteiger partial charge is 0.451 e. The Morgan fingerprint density at radius 2 is 0.839 bits per heavy atom. The molecular weight excluding hydrogens is 442 g/mol. The molecule has 0 aliphatic heterocycles. The lowest BCUT2D eigenvalue weighted by Crippen LogP contribution is -2.42. The number of alkyl halides is 6. The van der Waals surface area contributed by atoms with Crippen molar-refractivity contribution in [3.8, 4) is 0 Å². The van der Waals surface area contributed by atoms with E-state index in [-0.39, 0.29) is 25.7 Å². The molecule has 0 aliphatic carbocycles. The summed E-state index contributed by atoms with van der Waals surface area (Å²) in [6.07, 6.45) is -11.8. The van der Waals surface area contributed by atoms with E-state index in [1.165, 1.54) is 0 Å². The van der Waals surface area contributed by atoms with Gasteiger partial charge in [0, 0.05) is 0 Å². The Labute approximate surface area is 172 Å². The van der Waals surface area contributed by atoms with Crippen LogP contribution in [0, 0.1) is 0 Å². The standard InChI is InChI=1S/C16H24F6N4O5/c17-15(18,19)11(27)7(23)3-1-5-9(25)13(29)31-14(30)10(26)6-2-4-8(24)12(28)16(20,21)22/h7-10H,1-6,23-26H2. The molecule has 0 rings (SSSR count). The van der Waals surface area contributed by atoms with Gasteiger partial charge in [-0.2, -0.15) is 26.3 Å². The second kappa shape index (κ2) is 12.1. The molecule has 0 saturated carbocycles. The van der Waals surface area contributed by atoms with E-state index in [1.54, 1.807) is 0 Å². The third-order valence-corrected chi connectivity index (χ3v) is 4.10. The van der Waals surface area contributed by atoms with Gasteiger partial charge in [0.1, 0.15) is 12.1 Å². The molecule has 9 nitrogen and oxygen atoms in total. The van der Waals surface area contributed by atoms with Gasteiger partial charge in [-0.1, -0.05) is 0 Å². The van der Waals surface area contributed by atoms with Crippen molar-refractivity contribution in [2.24, 2.45) is 22.9 Å². The van der Waals surface area contributed by atoms with Gasteiger partial charge in [-0.3, -0.25) is 9.59 Å². The second-order valence-corrected chi connectivity index (χ2v) is 6.75. The van der Waals surface area contributed by atoms with Crippen LogP contribution in [-0.2, 0) is 23.9 Å². The van der Waals surface area contributed by atoms with Gasteiger partial charge >= 0.3 is 24.3 Å². The van der Waals surface area contributed by atoms with Crippen molar-refractivity contribution in [3.63, 3.8) is 0 Å². The van der Waals surface area contributed by atoms with Crippen LogP contribution in [0.4, 0.5) is 26.3 Å². The number of ether oxygens (including phenoxy) is 1. The smallest absolute Gasteiger partial charge is 0.391 e. The Kier molecular flexibility index (Phi) is 11.3. The third kappa shape index (κ3) is 10.7. The van der Waals surface area contributed by atoms with E-state index in [0.29, 0.717) is 0 Å². The number of hydrogen-bond donors (Lipinski definition) is 4. The van der Waals surface area contributed by atoms with E-state index in [0.717, 1.165) is 0 Å². The Hall–Kier alpha value is -2.10. The maximum absolute atomic E-state index is 12.2. The Bertz CT molecular complexity index is 601. The van der Waals surface area contributed by atoms with Crippen LogP contribution in [0.2, 0.25) is 0 Å². The molecule has 4 atom stereocenters. The van der Waals surface area contributed by atoms with Crippen LogP contribution in [0.15, 0.2) is 0 Å². The molecule has 0 radical (unpaired) electrons. The number of hydrogen-bond acceptors (Lipinski definition) is 9. The number of carbonyl (C=O) groups excluding carboxylic acids is 4. The van der Waals surface area contributed by atoms with Crippen LogP contribution in [0.25, 0.3) is 0 Å². The van der Waals surface area contributed by atoms with E-state index < -0.39 is 72.9 Å². The molecule has 0 aromatic carbocycles. The predicted octanol–water partition coefficient (Wildman–Crippen LogP) is -0.0312. The summed E-state index contributed by atoms with van der Waals surface area (Å²) in [5.74, 6) is -6.72. The number of nitrogens with two attached hydrogens (primary N) is 4. The van der Waals surface area contributed by atoms with Crippen LogP contribution >= 0.6 is 0 Å². The molecule has 0 aromatic rings. The minimum absolute atomic E-state index is 0.148. The van der Waals surface area contributed by atoms with E-state index in [2.05, 4.69) is 4.74 Å². The first-order valence-corrected chi connectivity index (χ1v) is 8.98.